The van der Waals surface area contributed by atoms with Crippen molar-refractivity contribution in [1.29, 1.82) is 0 Å². The first-order valence-corrected chi connectivity index (χ1v) is 7.21. The summed E-state index contributed by atoms with van der Waals surface area (Å²) in [5, 5.41) is 9.84. The molecule has 0 unspecified atom stereocenters. The first-order valence-electron chi connectivity index (χ1n) is 7.21. The molecule has 0 spiro atoms. The summed E-state index contributed by atoms with van der Waals surface area (Å²) in [6.07, 6.45) is 1.06. The summed E-state index contributed by atoms with van der Waals surface area (Å²) >= 11 is 0. The fourth-order valence-electron chi connectivity index (χ4n) is 2.23. The lowest BCUT2D eigenvalue weighted by Crippen LogP contribution is -2.13. The van der Waals surface area contributed by atoms with Gasteiger partial charge < -0.3 is 9.84 Å². The zero-order valence-corrected chi connectivity index (χ0v) is 13.3. The van der Waals surface area contributed by atoms with Crippen molar-refractivity contribution >= 4 is 0 Å². The average Bonchev–Trinajstić information content (AvgIpc) is 2.40. The van der Waals surface area contributed by atoms with Crippen LogP contribution in [0, 0.1) is 6.92 Å². The van der Waals surface area contributed by atoms with Gasteiger partial charge in [0, 0.05) is 17.3 Å². The molecule has 0 aliphatic heterocycles. The summed E-state index contributed by atoms with van der Waals surface area (Å²) in [6.45, 7) is 10.2. The number of aromatic nitrogens is 1. The molecule has 3 heteroatoms. The van der Waals surface area contributed by atoms with E-state index in [2.05, 4.69) is 38.7 Å². The number of aliphatic hydroxyl groups is 1. The van der Waals surface area contributed by atoms with E-state index in [0.29, 0.717) is 11.4 Å². The van der Waals surface area contributed by atoms with E-state index in [4.69, 9.17) is 4.74 Å². The van der Waals surface area contributed by atoms with E-state index in [0.717, 1.165) is 11.3 Å². The van der Waals surface area contributed by atoms with Crippen LogP contribution < -0.4 is 4.74 Å². The zero-order chi connectivity index (χ0) is 15.6. The van der Waals surface area contributed by atoms with Gasteiger partial charge in [-0.15, -0.1) is 0 Å². The Morgan fingerprint density at radius 2 is 1.90 bits per heavy atom. The van der Waals surface area contributed by atoms with Crippen LogP contribution in [0.25, 0.3) is 0 Å². The van der Waals surface area contributed by atoms with E-state index in [1.807, 2.05) is 18.2 Å². The van der Waals surface area contributed by atoms with Crippen molar-refractivity contribution in [2.24, 2.45) is 0 Å². The molecule has 0 aliphatic carbocycles. The minimum absolute atomic E-state index is 0.0267. The lowest BCUT2D eigenvalue weighted by Gasteiger charge is -2.23. The summed E-state index contributed by atoms with van der Waals surface area (Å²) in [6, 6.07) is 9.76. The number of benzene rings is 1. The molecule has 21 heavy (non-hydrogen) atoms. The Morgan fingerprint density at radius 1 is 1.19 bits per heavy atom. The number of nitrogens with zero attached hydrogens (tertiary/aromatic N) is 1. The lowest BCUT2D eigenvalue weighted by molar-refractivity contribution is 0.194. The van der Waals surface area contributed by atoms with Crippen LogP contribution >= 0.6 is 0 Å². The molecule has 1 atom stereocenters. The minimum Gasteiger partial charge on any atom is -0.438 e. The van der Waals surface area contributed by atoms with Gasteiger partial charge in [-0.3, -0.25) is 0 Å². The molecule has 1 aromatic heterocycles. The van der Waals surface area contributed by atoms with Crippen LogP contribution in [0.15, 0.2) is 36.5 Å². The Hall–Kier alpha value is -1.87. The molecule has 0 fully saturated rings. The van der Waals surface area contributed by atoms with Crippen LogP contribution in [0.1, 0.15) is 50.5 Å². The van der Waals surface area contributed by atoms with E-state index in [-0.39, 0.29) is 5.41 Å². The van der Waals surface area contributed by atoms with Crippen molar-refractivity contribution in [3.05, 3.63) is 53.2 Å². The van der Waals surface area contributed by atoms with E-state index in [1.165, 1.54) is 5.56 Å². The van der Waals surface area contributed by atoms with Crippen LogP contribution in [0.4, 0.5) is 0 Å². The smallest absolute Gasteiger partial charge is 0.225 e. The molecule has 2 aromatic rings. The summed E-state index contributed by atoms with van der Waals surface area (Å²) in [4.78, 5) is 4.26. The third-order valence-electron chi connectivity index (χ3n) is 3.40. The van der Waals surface area contributed by atoms with Gasteiger partial charge in [-0.2, -0.15) is 0 Å². The molecule has 3 nitrogen and oxygen atoms in total. The van der Waals surface area contributed by atoms with Gasteiger partial charge in [0.1, 0.15) is 5.75 Å². The molecule has 1 aromatic carbocycles. The Bertz CT molecular complexity index is 627. The molecule has 2 rings (SSSR count). The molecule has 0 amide bonds. The van der Waals surface area contributed by atoms with E-state index < -0.39 is 6.10 Å². The van der Waals surface area contributed by atoms with Gasteiger partial charge in [-0.1, -0.05) is 38.5 Å². The Balaban J connectivity index is 2.46. The molecular weight excluding hydrogens is 262 g/mol. The van der Waals surface area contributed by atoms with Crippen LogP contribution in [-0.4, -0.2) is 10.1 Å². The van der Waals surface area contributed by atoms with Crippen molar-refractivity contribution in [2.75, 3.05) is 0 Å². The predicted octanol–water partition coefficient (Wildman–Crippen LogP) is 4.53. The summed E-state index contributed by atoms with van der Waals surface area (Å²) < 4.78 is 6.01. The molecule has 112 valence electrons. The largest absolute Gasteiger partial charge is 0.438 e. The number of hydrogen-bond donors (Lipinski definition) is 1. The molecule has 1 heterocycles. The Labute approximate surface area is 126 Å². The molecule has 0 bridgehead atoms. The highest BCUT2D eigenvalue weighted by atomic mass is 16.5. The SMILES string of the molecule is Cc1ccc(Oc2ncccc2[C@H](C)O)c(C(C)(C)C)c1. The number of pyridine rings is 1. The zero-order valence-electron chi connectivity index (χ0n) is 13.3. The quantitative estimate of drug-likeness (QED) is 0.900. The Morgan fingerprint density at radius 3 is 2.52 bits per heavy atom. The van der Waals surface area contributed by atoms with Gasteiger partial charge >= 0.3 is 0 Å². The number of aryl methyl sites for hydroxylation is 1. The van der Waals surface area contributed by atoms with Crippen molar-refractivity contribution in [1.82, 2.24) is 4.98 Å². The maximum Gasteiger partial charge on any atom is 0.225 e. The first-order chi connectivity index (χ1) is 9.79. The van der Waals surface area contributed by atoms with E-state index >= 15 is 0 Å². The molecule has 1 N–H and O–H groups in total. The standard InChI is InChI=1S/C18H23NO2/c1-12-8-9-16(15(11-12)18(3,4)5)21-17-14(13(2)20)7-6-10-19-17/h6-11,13,20H,1-5H3/t13-/m0/s1. The third-order valence-corrected chi connectivity index (χ3v) is 3.40. The van der Waals surface area contributed by atoms with E-state index in [1.54, 1.807) is 19.2 Å². The highest BCUT2D eigenvalue weighted by Crippen LogP contribution is 2.36. The van der Waals surface area contributed by atoms with Crippen molar-refractivity contribution in [2.45, 2.75) is 46.1 Å². The maximum atomic E-state index is 9.84. The van der Waals surface area contributed by atoms with Crippen LogP contribution in [0.3, 0.4) is 0 Å². The topological polar surface area (TPSA) is 42.4 Å². The second-order valence-corrected chi connectivity index (χ2v) is 6.43. The fourth-order valence-corrected chi connectivity index (χ4v) is 2.23. The number of rotatable bonds is 3. The highest BCUT2D eigenvalue weighted by molar-refractivity contribution is 5.44. The summed E-state index contributed by atoms with van der Waals surface area (Å²) in [5.41, 5.74) is 2.99. The van der Waals surface area contributed by atoms with Gasteiger partial charge in [0.15, 0.2) is 0 Å². The Kier molecular flexibility index (Phi) is 4.33. The fraction of sp³-hybridized carbons (Fsp3) is 0.389. The van der Waals surface area contributed by atoms with Gasteiger partial charge in [0.05, 0.1) is 6.10 Å². The second-order valence-electron chi connectivity index (χ2n) is 6.43. The monoisotopic (exact) mass is 285 g/mol. The second kappa shape index (κ2) is 5.86. The maximum absolute atomic E-state index is 9.84. The molecule has 0 saturated carbocycles. The average molecular weight is 285 g/mol. The van der Waals surface area contributed by atoms with Crippen molar-refractivity contribution in [3.8, 4) is 11.6 Å². The number of aliphatic hydroxyl groups excluding tert-OH is 1. The summed E-state index contributed by atoms with van der Waals surface area (Å²) in [7, 11) is 0. The predicted molar refractivity (Wildman–Crippen MR) is 84.8 cm³/mol. The lowest BCUT2D eigenvalue weighted by atomic mass is 9.85. The molecule has 0 radical (unpaired) electrons. The van der Waals surface area contributed by atoms with E-state index in [9.17, 15) is 5.11 Å². The molecular formula is C18H23NO2. The molecule has 0 aliphatic rings. The van der Waals surface area contributed by atoms with Crippen LogP contribution in [-0.2, 0) is 5.41 Å². The van der Waals surface area contributed by atoms with Crippen molar-refractivity contribution in [3.63, 3.8) is 0 Å². The summed E-state index contributed by atoms with van der Waals surface area (Å²) in [5.74, 6) is 1.25. The van der Waals surface area contributed by atoms with Gasteiger partial charge in [0.25, 0.3) is 0 Å². The molecule has 0 saturated heterocycles. The first kappa shape index (κ1) is 15.5. The highest BCUT2D eigenvalue weighted by Gasteiger charge is 2.21. The normalized spacial score (nSPS) is 13.0. The van der Waals surface area contributed by atoms with Crippen LogP contribution in [0.2, 0.25) is 0 Å². The van der Waals surface area contributed by atoms with Crippen molar-refractivity contribution < 1.29 is 9.84 Å². The van der Waals surface area contributed by atoms with Crippen LogP contribution in [0.5, 0.6) is 11.6 Å². The number of hydrogen-bond acceptors (Lipinski definition) is 3. The van der Waals surface area contributed by atoms with Gasteiger partial charge in [-0.05, 0) is 37.5 Å². The third kappa shape index (κ3) is 3.61. The number of ether oxygens (including phenoxy) is 1. The van der Waals surface area contributed by atoms with Gasteiger partial charge in [0.2, 0.25) is 5.88 Å². The minimum atomic E-state index is -0.614. The van der Waals surface area contributed by atoms with Gasteiger partial charge in [-0.25, -0.2) is 4.98 Å².